The fraction of sp³-hybridized carbons (Fsp3) is 0.458. The first kappa shape index (κ1) is 22.1. The minimum Gasteiger partial charge on any atom is -0.378 e. The molecule has 0 amide bonds. The monoisotopic (exact) mass is 410 g/mol. The first-order chi connectivity index (χ1) is 14.8. The summed E-state index contributed by atoms with van der Waals surface area (Å²) in [6.07, 6.45) is 1.03. The van der Waals surface area contributed by atoms with Gasteiger partial charge in [-0.2, -0.15) is 0 Å². The lowest BCUT2D eigenvalue weighted by Crippen LogP contribution is -2.39. The average Bonchev–Trinajstić information content (AvgIpc) is 2.82. The third-order valence-electron chi connectivity index (χ3n) is 5.26. The van der Waals surface area contributed by atoms with E-state index in [4.69, 9.17) is 9.47 Å². The summed E-state index contributed by atoms with van der Waals surface area (Å²) >= 11 is 0. The van der Waals surface area contributed by atoms with E-state index in [0.29, 0.717) is 6.61 Å². The van der Waals surface area contributed by atoms with Crippen LogP contribution in [0.4, 0.5) is 5.69 Å². The van der Waals surface area contributed by atoms with E-state index in [-0.39, 0.29) is 6.10 Å². The number of anilines is 1. The van der Waals surface area contributed by atoms with Crippen molar-refractivity contribution >= 4 is 11.6 Å². The van der Waals surface area contributed by atoms with Crippen LogP contribution in [0.5, 0.6) is 0 Å². The Bertz CT molecular complexity index is 776. The Hall–Kier alpha value is -2.57. The van der Waals surface area contributed by atoms with Crippen molar-refractivity contribution in [1.29, 1.82) is 0 Å². The normalized spacial score (nSPS) is 15.7. The van der Waals surface area contributed by atoms with Crippen LogP contribution in [0.1, 0.15) is 30.6 Å². The molecule has 2 N–H and O–H groups in total. The minimum absolute atomic E-state index is 0.111. The molecule has 0 saturated carbocycles. The first-order valence-corrected chi connectivity index (χ1v) is 10.8. The van der Waals surface area contributed by atoms with Gasteiger partial charge >= 0.3 is 0 Å². The SMILES string of the molecule is CN=C(NCCCOC(C)c1ccccc1)NCc1ccccc1N1CCOCC1. The summed E-state index contributed by atoms with van der Waals surface area (Å²) in [6.45, 7) is 7.79. The number of aliphatic imine (C=N–C) groups is 1. The fourth-order valence-electron chi connectivity index (χ4n) is 3.53. The van der Waals surface area contributed by atoms with E-state index < -0.39 is 0 Å². The summed E-state index contributed by atoms with van der Waals surface area (Å²) < 4.78 is 11.4. The molecule has 2 aromatic carbocycles. The van der Waals surface area contributed by atoms with Gasteiger partial charge < -0.3 is 25.0 Å². The molecule has 30 heavy (non-hydrogen) atoms. The Morgan fingerprint density at radius 1 is 1.07 bits per heavy atom. The van der Waals surface area contributed by atoms with Crippen molar-refractivity contribution in [3.63, 3.8) is 0 Å². The van der Waals surface area contributed by atoms with E-state index >= 15 is 0 Å². The maximum Gasteiger partial charge on any atom is 0.191 e. The largest absolute Gasteiger partial charge is 0.378 e. The zero-order valence-electron chi connectivity index (χ0n) is 18.1. The number of nitrogens with one attached hydrogen (secondary N) is 2. The van der Waals surface area contributed by atoms with Crippen molar-refractivity contribution in [3.8, 4) is 0 Å². The topological polar surface area (TPSA) is 58.1 Å². The zero-order chi connectivity index (χ0) is 21.0. The van der Waals surface area contributed by atoms with E-state index in [1.165, 1.54) is 16.8 Å². The Kier molecular flexibility index (Phi) is 9.00. The Morgan fingerprint density at radius 2 is 1.80 bits per heavy atom. The van der Waals surface area contributed by atoms with Crippen molar-refractivity contribution in [2.24, 2.45) is 4.99 Å². The van der Waals surface area contributed by atoms with Gasteiger partial charge in [0, 0.05) is 45.5 Å². The Balaban J connectivity index is 1.39. The molecule has 0 radical (unpaired) electrons. The molecule has 0 bridgehead atoms. The highest BCUT2D eigenvalue weighted by molar-refractivity contribution is 5.79. The molecule has 1 fully saturated rings. The van der Waals surface area contributed by atoms with Crippen molar-refractivity contribution in [3.05, 3.63) is 65.7 Å². The van der Waals surface area contributed by atoms with Crippen LogP contribution in [-0.2, 0) is 16.0 Å². The predicted octanol–water partition coefficient (Wildman–Crippen LogP) is 3.36. The molecular formula is C24H34N4O2. The number of guanidine groups is 1. The van der Waals surface area contributed by atoms with Crippen LogP contribution in [0.25, 0.3) is 0 Å². The van der Waals surface area contributed by atoms with Gasteiger partial charge in [-0.25, -0.2) is 0 Å². The van der Waals surface area contributed by atoms with Crippen molar-refractivity contribution in [2.75, 3.05) is 51.4 Å². The highest BCUT2D eigenvalue weighted by Crippen LogP contribution is 2.21. The van der Waals surface area contributed by atoms with Crippen LogP contribution in [0, 0.1) is 0 Å². The summed E-state index contributed by atoms with van der Waals surface area (Å²) in [5.74, 6) is 0.808. The summed E-state index contributed by atoms with van der Waals surface area (Å²) in [4.78, 5) is 6.74. The summed E-state index contributed by atoms with van der Waals surface area (Å²) in [5, 5.41) is 6.81. The summed E-state index contributed by atoms with van der Waals surface area (Å²) in [7, 11) is 1.80. The summed E-state index contributed by atoms with van der Waals surface area (Å²) in [5.41, 5.74) is 3.75. The van der Waals surface area contributed by atoms with Crippen LogP contribution in [0.3, 0.4) is 0 Å². The Morgan fingerprint density at radius 3 is 2.57 bits per heavy atom. The van der Waals surface area contributed by atoms with Gasteiger partial charge in [0.05, 0.1) is 19.3 Å². The standard InChI is InChI=1S/C24H34N4O2/c1-20(21-9-4-3-5-10-21)30-16-8-13-26-24(25-2)27-19-22-11-6-7-12-23(22)28-14-17-29-18-15-28/h3-7,9-12,20H,8,13-19H2,1-2H3,(H2,25,26,27). The maximum absolute atomic E-state index is 5.94. The molecule has 0 aliphatic carbocycles. The molecule has 162 valence electrons. The van der Waals surface area contributed by atoms with E-state index in [0.717, 1.165) is 51.8 Å². The molecule has 3 rings (SSSR count). The molecule has 2 aromatic rings. The lowest BCUT2D eigenvalue weighted by atomic mass is 10.1. The zero-order valence-corrected chi connectivity index (χ0v) is 18.1. The second-order valence-electron chi connectivity index (χ2n) is 7.36. The molecular weight excluding hydrogens is 376 g/mol. The smallest absolute Gasteiger partial charge is 0.191 e. The third-order valence-corrected chi connectivity index (χ3v) is 5.26. The molecule has 0 spiro atoms. The quantitative estimate of drug-likeness (QED) is 0.377. The second kappa shape index (κ2) is 12.2. The number of hydrogen-bond donors (Lipinski definition) is 2. The molecule has 1 unspecified atom stereocenters. The second-order valence-corrected chi connectivity index (χ2v) is 7.36. The van der Waals surface area contributed by atoms with Gasteiger partial charge in [0.15, 0.2) is 5.96 Å². The maximum atomic E-state index is 5.94. The van der Waals surface area contributed by atoms with Crippen LogP contribution >= 0.6 is 0 Å². The number of hydrogen-bond acceptors (Lipinski definition) is 4. The number of rotatable bonds is 9. The van der Waals surface area contributed by atoms with Gasteiger partial charge in [0.2, 0.25) is 0 Å². The molecule has 1 aliphatic rings. The summed E-state index contributed by atoms with van der Waals surface area (Å²) in [6, 6.07) is 18.9. The fourth-order valence-corrected chi connectivity index (χ4v) is 3.53. The van der Waals surface area contributed by atoms with Gasteiger partial charge in [0.25, 0.3) is 0 Å². The molecule has 1 saturated heterocycles. The average molecular weight is 411 g/mol. The Labute approximate surface area is 180 Å². The van der Waals surface area contributed by atoms with E-state index in [1.54, 1.807) is 7.05 Å². The molecule has 6 heteroatoms. The number of para-hydroxylation sites is 1. The van der Waals surface area contributed by atoms with Crippen molar-refractivity contribution in [2.45, 2.75) is 26.0 Å². The number of benzene rings is 2. The molecule has 1 aliphatic heterocycles. The van der Waals surface area contributed by atoms with Crippen molar-refractivity contribution in [1.82, 2.24) is 10.6 Å². The molecule has 1 atom stereocenters. The number of nitrogens with zero attached hydrogens (tertiary/aromatic N) is 2. The number of ether oxygens (including phenoxy) is 2. The van der Waals surface area contributed by atoms with Crippen molar-refractivity contribution < 1.29 is 9.47 Å². The lowest BCUT2D eigenvalue weighted by molar-refractivity contribution is 0.0646. The molecule has 6 nitrogen and oxygen atoms in total. The van der Waals surface area contributed by atoms with E-state index in [1.807, 2.05) is 18.2 Å². The van der Waals surface area contributed by atoms with Crippen LogP contribution in [-0.4, -0.2) is 52.5 Å². The van der Waals surface area contributed by atoms with Gasteiger partial charge in [-0.1, -0.05) is 48.5 Å². The number of morpholine rings is 1. The minimum atomic E-state index is 0.111. The van der Waals surface area contributed by atoms with E-state index in [2.05, 4.69) is 63.8 Å². The lowest BCUT2D eigenvalue weighted by Gasteiger charge is -2.30. The van der Waals surface area contributed by atoms with Gasteiger partial charge in [-0.15, -0.1) is 0 Å². The van der Waals surface area contributed by atoms with Gasteiger partial charge in [0.1, 0.15) is 0 Å². The first-order valence-electron chi connectivity index (χ1n) is 10.8. The van der Waals surface area contributed by atoms with Gasteiger partial charge in [-0.3, -0.25) is 4.99 Å². The third kappa shape index (κ3) is 6.75. The highest BCUT2D eigenvalue weighted by Gasteiger charge is 2.14. The highest BCUT2D eigenvalue weighted by atomic mass is 16.5. The van der Waals surface area contributed by atoms with E-state index in [9.17, 15) is 0 Å². The predicted molar refractivity (Wildman–Crippen MR) is 123 cm³/mol. The molecule has 1 heterocycles. The molecule has 0 aromatic heterocycles. The van der Waals surface area contributed by atoms with Crippen LogP contribution in [0.15, 0.2) is 59.6 Å². The van der Waals surface area contributed by atoms with Gasteiger partial charge in [-0.05, 0) is 30.5 Å². The van der Waals surface area contributed by atoms with Crippen LogP contribution < -0.4 is 15.5 Å². The van der Waals surface area contributed by atoms with Crippen LogP contribution in [0.2, 0.25) is 0 Å².